The zero-order chi connectivity index (χ0) is 20.8. The molecule has 4 rings (SSSR count). The molecule has 7 heteroatoms. The van der Waals surface area contributed by atoms with Crippen LogP contribution in [-0.4, -0.2) is 44.2 Å². The second kappa shape index (κ2) is 7.07. The molecule has 154 valence electrons. The number of aromatic nitrogens is 2. The summed E-state index contributed by atoms with van der Waals surface area (Å²) < 4.78 is 14.0. The molecule has 2 amide bonds. The highest BCUT2D eigenvalue weighted by atomic mass is 16.7. The van der Waals surface area contributed by atoms with Crippen molar-refractivity contribution < 1.29 is 19.1 Å². The maximum Gasteiger partial charge on any atom is 0.261 e. The predicted molar refractivity (Wildman–Crippen MR) is 106 cm³/mol. The fourth-order valence-electron chi connectivity index (χ4n) is 3.59. The first-order chi connectivity index (χ1) is 13.7. The van der Waals surface area contributed by atoms with Gasteiger partial charge in [-0.1, -0.05) is 12.1 Å². The van der Waals surface area contributed by atoms with Gasteiger partial charge in [-0.05, 0) is 52.7 Å². The molecule has 0 aliphatic carbocycles. The number of ether oxygens (including phenoxy) is 2. The Morgan fingerprint density at radius 1 is 0.931 bits per heavy atom. The van der Waals surface area contributed by atoms with Crippen molar-refractivity contribution in [2.24, 2.45) is 0 Å². The maximum absolute atomic E-state index is 12.4. The minimum Gasteiger partial charge on any atom is -0.339 e. The third-order valence-electron chi connectivity index (χ3n) is 6.08. The van der Waals surface area contributed by atoms with E-state index >= 15 is 0 Å². The SMILES string of the molecule is CC1(C)OC(c2cnn(CCCCN3C(=O)c4ccccc4C3=O)c2)OC1(C)C. The van der Waals surface area contributed by atoms with Crippen LogP contribution in [0.15, 0.2) is 36.7 Å². The molecule has 0 spiro atoms. The van der Waals surface area contributed by atoms with Crippen molar-refractivity contribution in [3.8, 4) is 0 Å². The summed E-state index contributed by atoms with van der Waals surface area (Å²) in [6, 6.07) is 6.97. The van der Waals surface area contributed by atoms with E-state index in [0.29, 0.717) is 24.2 Å². The molecule has 1 aromatic heterocycles. The summed E-state index contributed by atoms with van der Waals surface area (Å²) in [7, 11) is 0. The van der Waals surface area contributed by atoms with Gasteiger partial charge in [0.1, 0.15) is 0 Å². The van der Waals surface area contributed by atoms with Gasteiger partial charge >= 0.3 is 0 Å². The average Bonchev–Trinajstić information content (AvgIpc) is 3.29. The molecule has 29 heavy (non-hydrogen) atoms. The quantitative estimate of drug-likeness (QED) is 0.550. The topological polar surface area (TPSA) is 73.7 Å². The molecule has 2 aliphatic heterocycles. The molecule has 0 bridgehead atoms. The highest BCUT2D eigenvalue weighted by Crippen LogP contribution is 2.44. The summed E-state index contributed by atoms with van der Waals surface area (Å²) in [5.74, 6) is -0.402. The number of carbonyl (C=O) groups is 2. The molecule has 3 heterocycles. The number of amides is 2. The van der Waals surface area contributed by atoms with Gasteiger partial charge in [0.2, 0.25) is 0 Å². The number of carbonyl (C=O) groups excluding carboxylic acids is 2. The molecule has 0 radical (unpaired) electrons. The van der Waals surface area contributed by atoms with Crippen LogP contribution >= 0.6 is 0 Å². The third kappa shape index (κ3) is 3.49. The first-order valence-electron chi connectivity index (χ1n) is 10.0. The van der Waals surface area contributed by atoms with E-state index in [1.54, 1.807) is 30.5 Å². The largest absolute Gasteiger partial charge is 0.339 e. The molecule has 1 saturated heterocycles. The first kappa shape index (κ1) is 19.8. The number of nitrogens with zero attached hydrogens (tertiary/aromatic N) is 3. The molecule has 1 aromatic carbocycles. The van der Waals surface area contributed by atoms with E-state index < -0.39 is 6.29 Å². The Kier molecular flexibility index (Phi) is 4.83. The average molecular weight is 397 g/mol. The summed E-state index contributed by atoms with van der Waals surface area (Å²) in [4.78, 5) is 26.1. The molecule has 1 fully saturated rings. The van der Waals surface area contributed by atoms with E-state index in [1.807, 2.05) is 38.6 Å². The van der Waals surface area contributed by atoms with Gasteiger partial charge in [0.05, 0.1) is 28.5 Å². The van der Waals surface area contributed by atoms with Crippen LogP contribution in [0.3, 0.4) is 0 Å². The Balaban J connectivity index is 1.29. The Morgan fingerprint density at radius 2 is 1.48 bits per heavy atom. The fourth-order valence-corrected chi connectivity index (χ4v) is 3.59. The standard InChI is InChI=1S/C22H27N3O4/c1-21(2)22(3,4)29-20(28-21)15-13-23-24(14-15)11-7-8-12-25-18(26)16-9-5-6-10-17(16)19(25)27/h5-6,9-10,13-14,20H,7-8,11-12H2,1-4H3. The van der Waals surface area contributed by atoms with Crippen molar-refractivity contribution in [1.29, 1.82) is 0 Å². The number of benzene rings is 1. The van der Waals surface area contributed by atoms with E-state index in [4.69, 9.17) is 9.47 Å². The van der Waals surface area contributed by atoms with Gasteiger partial charge in [0.15, 0.2) is 6.29 Å². The molecule has 2 aromatic rings. The Morgan fingerprint density at radius 3 is 2.07 bits per heavy atom. The summed E-state index contributed by atoms with van der Waals surface area (Å²) in [5, 5.41) is 4.40. The minimum absolute atomic E-state index is 0.201. The van der Waals surface area contributed by atoms with Crippen LogP contribution in [0.25, 0.3) is 0 Å². The van der Waals surface area contributed by atoms with Gasteiger partial charge in [-0.25, -0.2) is 0 Å². The number of aryl methyl sites for hydroxylation is 1. The van der Waals surface area contributed by atoms with E-state index in [-0.39, 0.29) is 23.0 Å². The molecule has 7 nitrogen and oxygen atoms in total. The summed E-state index contributed by atoms with van der Waals surface area (Å²) >= 11 is 0. The van der Waals surface area contributed by atoms with Gasteiger partial charge in [0.25, 0.3) is 11.8 Å². The van der Waals surface area contributed by atoms with Crippen LogP contribution in [0.4, 0.5) is 0 Å². The van der Waals surface area contributed by atoms with Crippen LogP contribution < -0.4 is 0 Å². The molecule has 2 aliphatic rings. The Labute approximate surface area is 170 Å². The molecular formula is C22H27N3O4. The predicted octanol–water partition coefficient (Wildman–Crippen LogP) is 3.56. The fraction of sp³-hybridized carbons (Fsp3) is 0.500. The van der Waals surface area contributed by atoms with Gasteiger partial charge in [-0.2, -0.15) is 5.10 Å². The van der Waals surface area contributed by atoms with Gasteiger partial charge in [0, 0.05) is 24.8 Å². The Bertz CT molecular complexity index is 896. The van der Waals surface area contributed by atoms with Crippen molar-refractivity contribution >= 4 is 11.8 Å². The van der Waals surface area contributed by atoms with Crippen LogP contribution in [0.2, 0.25) is 0 Å². The number of rotatable bonds is 6. The lowest BCUT2D eigenvalue weighted by Gasteiger charge is -2.30. The maximum atomic E-state index is 12.4. The lowest BCUT2D eigenvalue weighted by atomic mass is 9.90. The van der Waals surface area contributed by atoms with E-state index in [0.717, 1.165) is 18.4 Å². The highest BCUT2D eigenvalue weighted by Gasteiger charge is 2.49. The van der Waals surface area contributed by atoms with Crippen molar-refractivity contribution in [2.45, 2.75) is 64.6 Å². The number of hydrogen-bond donors (Lipinski definition) is 0. The first-order valence-corrected chi connectivity index (χ1v) is 10.0. The third-order valence-corrected chi connectivity index (χ3v) is 6.08. The summed E-state index contributed by atoms with van der Waals surface area (Å²) in [6.45, 7) is 9.21. The van der Waals surface area contributed by atoms with Crippen LogP contribution in [-0.2, 0) is 16.0 Å². The molecule has 0 saturated carbocycles. The van der Waals surface area contributed by atoms with Crippen molar-refractivity contribution in [2.75, 3.05) is 6.54 Å². The zero-order valence-corrected chi connectivity index (χ0v) is 17.3. The number of hydrogen-bond acceptors (Lipinski definition) is 5. The van der Waals surface area contributed by atoms with E-state index in [9.17, 15) is 9.59 Å². The lowest BCUT2D eigenvalue weighted by Crippen LogP contribution is -2.41. The van der Waals surface area contributed by atoms with Crippen molar-refractivity contribution in [3.63, 3.8) is 0 Å². The van der Waals surface area contributed by atoms with Crippen LogP contribution in [0, 0.1) is 0 Å². The number of fused-ring (bicyclic) bond motifs is 1. The van der Waals surface area contributed by atoms with E-state index in [1.165, 1.54) is 4.90 Å². The molecule has 0 atom stereocenters. The Hall–Kier alpha value is -2.51. The number of unbranched alkanes of at least 4 members (excludes halogenated alkanes) is 1. The van der Waals surface area contributed by atoms with Crippen LogP contribution in [0.5, 0.6) is 0 Å². The van der Waals surface area contributed by atoms with Crippen LogP contribution in [0.1, 0.15) is 73.1 Å². The summed E-state index contributed by atoms with van der Waals surface area (Å²) in [5.41, 5.74) is 1.12. The smallest absolute Gasteiger partial charge is 0.261 e. The monoisotopic (exact) mass is 397 g/mol. The van der Waals surface area contributed by atoms with E-state index in [2.05, 4.69) is 5.10 Å². The van der Waals surface area contributed by atoms with Gasteiger partial charge < -0.3 is 9.47 Å². The van der Waals surface area contributed by atoms with Crippen molar-refractivity contribution in [3.05, 3.63) is 53.3 Å². The van der Waals surface area contributed by atoms with Crippen molar-refractivity contribution in [1.82, 2.24) is 14.7 Å². The lowest BCUT2D eigenvalue weighted by molar-refractivity contribution is -0.0896. The second-order valence-electron chi connectivity index (χ2n) is 8.64. The van der Waals surface area contributed by atoms with Gasteiger partial charge in [-0.15, -0.1) is 0 Å². The normalized spacial score (nSPS) is 20.5. The second-order valence-corrected chi connectivity index (χ2v) is 8.64. The molecule has 0 N–H and O–H groups in total. The molecule has 0 unspecified atom stereocenters. The van der Waals surface area contributed by atoms with Gasteiger partial charge in [-0.3, -0.25) is 19.2 Å². The summed E-state index contributed by atoms with van der Waals surface area (Å²) in [6.07, 6.45) is 4.80. The zero-order valence-electron chi connectivity index (χ0n) is 17.3. The highest BCUT2D eigenvalue weighted by molar-refractivity contribution is 6.21. The number of imide groups is 1. The molecular weight excluding hydrogens is 370 g/mol. The minimum atomic E-state index is -0.424.